The first-order valence-corrected chi connectivity index (χ1v) is 25.1. The van der Waals surface area contributed by atoms with E-state index in [1.807, 2.05) is 13.8 Å². The lowest BCUT2D eigenvalue weighted by Crippen LogP contribution is -2.36. The molecular formula is C40H84O4P2. The van der Waals surface area contributed by atoms with Crippen LogP contribution in [0.4, 0.5) is 0 Å². The molecule has 0 radical (unpaired) electrons. The molecule has 0 spiro atoms. The molecule has 0 aromatic carbocycles. The summed E-state index contributed by atoms with van der Waals surface area (Å²) in [4.78, 5) is 20.5. The van der Waals surface area contributed by atoms with Gasteiger partial charge < -0.3 is 19.8 Å². The van der Waals surface area contributed by atoms with E-state index in [1.54, 1.807) is 49.3 Å². The minimum Gasteiger partial charge on any atom is -0.550 e. The summed E-state index contributed by atoms with van der Waals surface area (Å²) in [6.45, 7) is 22.5. The molecular weight excluding hydrogens is 606 g/mol. The molecule has 4 nitrogen and oxygen atoms in total. The summed E-state index contributed by atoms with van der Waals surface area (Å²) < 4.78 is 0. The molecule has 0 fully saturated rings. The fourth-order valence-electron chi connectivity index (χ4n) is 6.32. The molecule has 0 aromatic heterocycles. The third-order valence-electron chi connectivity index (χ3n) is 9.39. The van der Waals surface area contributed by atoms with E-state index in [-0.39, 0.29) is 5.92 Å². The zero-order valence-electron chi connectivity index (χ0n) is 33.1. The summed E-state index contributed by atoms with van der Waals surface area (Å²) in [6, 6.07) is 0. The molecule has 0 saturated carbocycles. The van der Waals surface area contributed by atoms with E-state index in [1.165, 1.54) is 103 Å². The van der Waals surface area contributed by atoms with Crippen LogP contribution < -0.4 is 10.2 Å². The van der Waals surface area contributed by atoms with E-state index in [0.717, 1.165) is 0 Å². The van der Waals surface area contributed by atoms with Crippen molar-refractivity contribution in [1.82, 2.24) is 0 Å². The zero-order chi connectivity index (χ0) is 35.7. The maximum Gasteiger partial charge on any atom is 0.0594 e. The molecule has 278 valence electrons. The Balaban J connectivity index is -0.000000614. The molecule has 0 bridgehead atoms. The van der Waals surface area contributed by atoms with Gasteiger partial charge in [-0.15, -0.1) is 0 Å². The van der Waals surface area contributed by atoms with Gasteiger partial charge in [0.1, 0.15) is 0 Å². The van der Waals surface area contributed by atoms with Crippen molar-refractivity contribution in [1.29, 1.82) is 0 Å². The number of carboxylic acids is 2. The normalized spacial score (nSPS) is 12.2. The van der Waals surface area contributed by atoms with Gasteiger partial charge in [0, 0.05) is 32.4 Å². The van der Waals surface area contributed by atoms with Gasteiger partial charge in [-0.25, -0.2) is 0 Å². The van der Waals surface area contributed by atoms with Gasteiger partial charge in [0.25, 0.3) is 0 Å². The smallest absolute Gasteiger partial charge is 0.0594 e. The highest BCUT2D eigenvalue weighted by Gasteiger charge is 2.35. The van der Waals surface area contributed by atoms with Crippen LogP contribution in [0.15, 0.2) is 0 Å². The van der Waals surface area contributed by atoms with Crippen molar-refractivity contribution in [2.24, 2.45) is 11.8 Å². The second-order valence-electron chi connectivity index (χ2n) is 14.5. The molecule has 0 aliphatic carbocycles. The van der Waals surface area contributed by atoms with E-state index in [0.29, 0.717) is 6.42 Å². The van der Waals surface area contributed by atoms with Crippen molar-refractivity contribution in [3.8, 4) is 0 Å². The Kier molecular flexibility index (Phi) is 37.8. The Morgan fingerprint density at radius 2 is 0.674 bits per heavy atom. The Labute approximate surface area is 291 Å². The van der Waals surface area contributed by atoms with E-state index in [9.17, 15) is 19.8 Å². The minimum absolute atomic E-state index is 0.146. The van der Waals surface area contributed by atoms with Crippen LogP contribution in [0.2, 0.25) is 0 Å². The Morgan fingerprint density at radius 1 is 0.457 bits per heavy atom. The van der Waals surface area contributed by atoms with Crippen molar-refractivity contribution in [3.05, 3.63) is 0 Å². The van der Waals surface area contributed by atoms with Crippen molar-refractivity contribution in [2.45, 2.75) is 185 Å². The molecule has 0 aliphatic rings. The van der Waals surface area contributed by atoms with E-state index in [2.05, 4.69) is 55.4 Å². The highest BCUT2D eigenvalue weighted by molar-refractivity contribution is 7.76. The molecule has 0 heterocycles. The van der Waals surface area contributed by atoms with Crippen LogP contribution in [0.1, 0.15) is 185 Å². The molecule has 0 N–H and O–H groups in total. The third kappa shape index (κ3) is 29.9. The Hall–Kier alpha value is -0.200. The van der Waals surface area contributed by atoms with Crippen molar-refractivity contribution >= 4 is 26.5 Å². The lowest BCUT2D eigenvalue weighted by atomic mass is 9.94. The van der Waals surface area contributed by atoms with Crippen LogP contribution >= 0.6 is 14.5 Å². The van der Waals surface area contributed by atoms with E-state index in [4.69, 9.17) is 0 Å². The fourth-order valence-corrected chi connectivity index (χ4v) is 16.9. The summed E-state index contributed by atoms with van der Waals surface area (Å²) in [6.07, 6.45) is 35.8. The van der Waals surface area contributed by atoms with Crippen LogP contribution in [-0.2, 0) is 9.59 Å². The second kappa shape index (κ2) is 34.7. The lowest BCUT2D eigenvalue weighted by Gasteiger charge is -2.28. The second-order valence-corrected chi connectivity index (χ2v) is 23.5. The first-order chi connectivity index (χ1) is 21.9. The van der Waals surface area contributed by atoms with Gasteiger partial charge in [-0.2, -0.15) is 0 Å². The first-order valence-electron chi connectivity index (χ1n) is 20.0. The predicted molar refractivity (Wildman–Crippen MR) is 210 cm³/mol. The molecule has 1 atom stereocenters. The molecule has 0 amide bonds. The number of carbonyl (C=O) groups excluding carboxylic acids is 2. The predicted octanol–water partition coefficient (Wildman–Crippen LogP) is 10.9. The number of rotatable bonds is 29. The van der Waals surface area contributed by atoms with Crippen molar-refractivity contribution in [2.75, 3.05) is 49.3 Å². The van der Waals surface area contributed by atoms with Gasteiger partial charge in [-0.05, 0) is 70.1 Å². The van der Waals surface area contributed by atoms with Crippen LogP contribution in [0.25, 0.3) is 0 Å². The first kappa shape index (κ1) is 50.2. The van der Waals surface area contributed by atoms with Gasteiger partial charge in [0.2, 0.25) is 0 Å². The number of hydrogen-bond acceptors (Lipinski definition) is 4. The lowest BCUT2D eigenvalue weighted by molar-refractivity contribution is -0.321. The van der Waals surface area contributed by atoms with Gasteiger partial charge >= 0.3 is 0 Å². The minimum atomic E-state index is -1.34. The summed E-state index contributed by atoms with van der Waals surface area (Å²) in [7, 11) is -1.12. The fraction of sp³-hybridized carbons (Fsp3) is 0.950. The topological polar surface area (TPSA) is 80.3 Å². The Bertz CT molecular complexity index is 557. The molecule has 0 aliphatic heterocycles. The number of unbranched alkanes of at least 4 members (excludes halogenated alkanes) is 8. The van der Waals surface area contributed by atoms with E-state index < -0.39 is 38.8 Å². The number of carbonyl (C=O) groups is 2. The summed E-state index contributed by atoms with van der Waals surface area (Å²) in [5.74, 6) is -3.43. The molecule has 1 unspecified atom stereocenters. The number of aliphatic carboxylic acids is 2. The van der Waals surface area contributed by atoms with Crippen molar-refractivity contribution in [3.63, 3.8) is 0 Å². The van der Waals surface area contributed by atoms with Crippen LogP contribution in [-0.4, -0.2) is 61.2 Å². The highest BCUT2D eigenvalue weighted by atomic mass is 31.2. The van der Waals surface area contributed by atoms with E-state index >= 15 is 0 Å². The summed E-state index contributed by atoms with van der Waals surface area (Å²) in [5, 5.41) is 20.5. The van der Waals surface area contributed by atoms with Gasteiger partial charge in [0.15, 0.2) is 0 Å². The molecule has 0 saturated heterocycles. The zero-order valence-corrected chi connectivity index (χ0v) is 34.9. The van der Waals surface area contributed by atoms with Gasteiger partial charge in [-0.3, -0.25) is 0 Å². The highest BCUT2D eigenvalue weighted by Crippen LogP contribution is 2.62. The third-order valence-corrected chi connectivity index (χ3v) is 19.5. The molecule has 6 heteroatoms. The van der Waals surface area contributed by atoms with Crippen LogP contribution in [0, 0.1) is 11.8 Å². The van der Waals surface area contributed by atoms with Gasteiger partial charge in [0.05, 0.1) is 49.3 Å². The summed E-state index contributed by atoms with van der Waals surface area (Å²) in [5.41, 5.74) is 0. The van der Waals surface area contributed by atoms with Gasteiger partial charge in [-0.1, -0.05) is 121 Å². The average Bonchev–Trinajstić information content (AvgIpc) is 3.03. The molecule has 46 heavy (non-hydrogen) atoms. The monoisotopic (exact) mass is 691 g/mol. The summed E-state index contributed by atoms with van der Waals surface area (Å²) >= 11 is 0. The standard InChI is InChI=1S/2C16H36P.C8H14O4/c2*1-5-9-13-17(14-10-6-2,15-11-7-3)16-12-8-4;1-5(2)3-6(8(11)12)4-7(9)10/h2*5-16H2,1-4H3;5-6H,3-4H2,1-2H3,(H,9,10)(H,11,12)/q2*+1;/p-2. The number of carboxylic acid groups (broad SMARTS) is 2. The van der Waals surface area contributed by atoms with Crippen LogP contribution in [0.5, 0.6) is 0 Å². The Morgan fingerprint density at radius 3 is 0.804 bits per heavy atom. The molecule has 0 rings (SSSR count). The number of hydrogen-bond donors (Lipinski definition) is 0. The largest absolute Gasteiger partial charge is 0.550 e. The maximum absolute atomic E-state index is 10.4. The maximum atomic E-state index is 10.4. The van der Waals surface area contributed by atoms with Crippen LogP contribution in [0.3, 0.4) is 0 Å². The quantitative estimate of drug-likeness (QED) is 0.0732. The average molecular weight is 691 g/mol. The molecule has 0 aromatic rings. The van der Waals surface area contributed by atoms with Crippen molar-refractivity contribution < 1.29 is 19.8 Å². The SMILES string of the molecule is CC(C)CC(CC(=O)[O-])C(=O)[O-].CCCC[P+](CCCC)(CCCC)CCCC.CCCC[P+](CCCC)(CCCC)CCCC.